The molecule has 0 aliphatic carbocycles. The molecule has 5 nitrogen and oxygen atoms in total. The molecule has 5 heteroatoms. The summed E-state index contributed by atoms with van der Waals surface area (Å²) in [5.41, 5.74) is 0.198. The van der Waals surface area contributed by atoms with Gasteiger partial charge in [-0.1, -0.05) is 46.8 Å². The topological polar surface area (TPSA) is 72.6 Å². The Kier molecular flexibility index (Phi) is 21.9. The fourth-order valence-electron chi connectivity index (χ4n) is 0.780. The van der Waals surface area contributed by atoms with Gasteiger partial charge in [0.2, 0.25) is 6.54 Å². The highest BCUT2D eigenvalue weighted by atomic mass is 16.6. The predicted molar refractivity (Wildman–Crippen MR) is 81.2 cm³/mol. The predicted octanol–water partition coefficient (Wildman–Crippen LogP) is 3.83. The maximum Gasteiger partial charge on any atom is 0.211 e. The fourth-order valence-corrected chi connectivity index (χ4v) is 0.780. The quantitative estimate of drug-likeness (QED) is 0.242. The van der Waals surface area contributed by atoms with Crippen molar-refractivity contribution in [3.8, 4) is 0 Å². The Bertz CT molecular complexity index is 308. The van der Waals surface area contributed by atoms with E-state index < -0.39 is 4.92 Å². The van der Waals surface area contributed by atoms with Gasteiger partial charge in [0.15, 0.2) is 5.78 Å². The second kappa shape index (κ2) is 18.6. The molecule has 0 amide bonds. The van der Waals surface area contributed by atoms with Crippen LogP contribution in [0.5, 0.6) is 0 Å². The third-order valence-electron chi connectivity index (χ3n) is 1.35. The molecule has 0 saturated heterocycles. The first-order valence-electron chi connectivity index (χ1n) is 6.49. The number of aliphatic imine (C=N–C) groups is 1. The second-order valence-electron chi connectivity index (χ2n) is 3.11. The van der Waals surface area contributed by atoms with Crippen molar-refractivity contribution >= 4 is 12.0 Å². The van der Waals surface area contributed by atoms with Gasteiger partial charge in [-0.3, -0.25) is 19.9 Å². The van der Waals surface area contributed by atoms with Gasteiger partial charge in [0.05, 0.1) is 6.42 Å². The van der Waals surface area contributed by atoms with E-state index in [0.717, 1.165) is 0 Å². The lowest BCUT2D eigenvalue weighted by Gasteiger charge is -1.96. The summed E-state index contributed by atoms with van der Waals surface area (Å²) in [5, 5.41) is 10.0. The number of hydrogen-bond donors (Lipinski definition) is 0. The van der Waals surface area contributed by atoms with Gasteiger partial charge in [-0.05, 0) is 13.0 Å². The number of allylic oxidation sites excluding steroid dienone is 3. The molecule has 0 atom stereocenters. The van der Waals surface area contributed by atoms with Crippen LogP contribution >= 0.6 is 0 Å². The van der Waals surface area contributed by atoms with Gasteiger partial charge in [0.25, 0.3) is 0 Å². The molecule has 110 valence electrons. The van der Waals surface area contributed by atoms with Crippen LogP contribution in [0.3, 0.4) is 0 Å². The maximum absolute atomic E-state index is 11.3. The van der Waals surface area contributed by atoms with Crippen LogP contribution in [0.25, 0.3) is 0 Å². The zero-order chi connectivity index (χ0) is 15.7. The summed E-state index contributed by atoms with van der Waals surface area (Å²) < 4.78 is 0. The Morgan fingerprint density at radius 3 is 2.16 bits per heavy atom. The zero-order valence-electron chi connectivity index (χ0n) is 12.7. The number of carbonyl (C=O) groups is 1. The Hall–Kier alpha value is -1.78. The van der Waals surface area contributed by atoms with E-state index >= 15 is 0 Å². The van der Waals surface area contributed by atoms with Gasteiger partial charge in [-0.15, -0.1) is 0 Å². The summed E-state index contributed by atoms with van der Waals surface area (Å²) in [6.45, 7) is 13.0. The number of nitrogens with zero attached hydrogens (tertiary/aromatic N) is 2. The van der Waals surface area contributed by atoms with E-state index in [9.17, 15) is 14.9 Å². The minimum atomic E-state index is -0.529. The molecule has 0 heterocycles. The largest absolute Gasteiger partial charge is 0.292 e. The molecule has 0 N–H and O–H groups in total. The molecule has 0 aliphatic rings. The van der Waals surface area contributed by atoms with Gasteiger partial charge >= 0.3 is 0 Å². The van der Waals surface area contributed by atoms with Crippen molar-refractivity contribution in [2.45, 2.75) is 47.5 Å². The van der Waals surface area contributed by atoms with E-state index in [1.807, 2.05) is 13.8 Å². The van der Waals surface area contributed by atoms with E-state index in [4.69, 9.17) is 0 Å². The van der Waals surface area contributed by atoms with Crippen LogP contribution in [0.2, 0.25) is 0 Å². The molecular weight excluding hydrogens is 244 g/mol. The monoisotopic (exact) mass is 270 g/mol. The Balaban J connectivity index is -0.000000445. The lowest BCUT2D eigenvalue weighted by molar-refractivity contribution is -0.478. The molecular formula is C14H26N2O3. The van der Waals surface area contributed by atoms with Crippen LogP contribution in [-0.4, -0.2) is 23.5 Å². The number of carbonyl (C=O) groups excluding carboxylic acids is 1. The lowest BCUT2D eigenvalue weighted by atomic mass is 10.2. The van der Waals surface area contributed by atoms with E-state index in [1.165, 1.54) is 24.8 Å². The third-order valence-corrected chi connectivity index (χ3v) is 1.35. The molecule has 0 fully saturated rings. The van der Waals surface area contributed by atoms with Crippen molar-refractivity contribution in [1.82, 2.24) is 0 Å². The second-order valence-corrected chi connectivity index (χ2v) is 3.11. The Morgan fingerprint density at radius 1 is 1.37 bits per heavy atom. The molecule has 0 aliphatic heterocycles. The van der Waals surface area contributed by atoms with Gasteiger partial charge in [-0.25, -0.2) is 0 Å². The standard InChI is InChI=1S/C9H12N2O3.C3H8.C2H6/c1-3-5-8(10-4-2)9(12)6-7-11(13)14;1-3-2;1-2/h3-5H,1,6-7H2,2H3;3H2,1-2H3;1-2H3/b8-5-,10-4?;;. The van der Waals surface area contributed by atoms with E-state index in [1.54, 1.807) is 6.92 Å². The molecule has 0 unspecified atom stereocenters. The zero-order valence-corrected chi connectivity index (χ0v) is 12.7. The normalized spacial score (nSPS) is 9.84. The first-order chi connectivity index (χ1) is 9.03. The number of hydrogen-bond acceptors (Lipinski definition) is 4. The maximum atomic E-state index is 11.3. The molecule has 0 radical (unpaired) electrons. The van der Waals surface area contributed by atoms with Crippen molar-refractivity contribution in [1.29, 1.82) is 0 Å². The average molecular weight is 270 g/mol. The highest BCUT2D eigenvalue weighted by Crippen LogP contribution is 2.02. The van der Waals surface area contributed by atoms with Gasteiger partial charge in [0, 0.05) is 11.1 Å². The van der Waals surface area contributed by atoms with Crippen LogP contribution in [0.15, 0.2) is 29.4 Å². The minimum Gasteiger partial charge on any atom is -0.292 e. The smallest absolute Gasteiger partial charge is 0.211 e. The highest BCUT2D eigenvalue weighted by molar-refractivity contribution is 5.96. The van der Waals surface area contributed by atoms with Gasteiger partial charge in [-0.2, -0.15) is 0 Å². The molecule has 0 rings (SSSR count). The summed E-state index contributed by atoms with van der Waals surface area (Å²) in [7, 11) is 0. The molecule has 0 bridgehead atoms. The van der Waals surface area contributed by atoms with Crippen LogP contribution in [0.1, 0.15) is 47.5 Å². The van der Waals surface area contributed by atoms with Crippen LogP contribution in [0, 0.1) is 10.1 Å². The minimum absolute atomic E-state index is 0.135. The van der Waals surface area contributed by atoms with Crippen LogP contribution < -0.4 is 0 Å². The van der Waals surface area contributed by atoms with E-state index in [2.05, 4.69) is 25.4 Å². The fraction of sp³-hybridized carbons (Fsp3) is 0.571. The SMILES string of the molecule is C=C/C=C(\N=CC)C(=O)CC[N+](=O)[O-].CC.CCC. The van der Waals surface area contributed by atoms with Crippen molar-refractivity contribution in [3.05, 3.63) is 34.5 Å². The summed E-state index contributed by atoms with van der Waals surface area (Å²) >= 11 is 0. The van der Waals surface area contributed by atoms with Crippen LogP contribution in [0.4, 0.5) is 0 Å². The van der Waals surface area contributed by atoms with Crippen molar-refractivity contribution in [2.24, 2.45) is 4.99 Å². The van der Waals surface area contributed by atoms with Crippen molar-refractivity contribution in [2.75, 3.05) is 6.54 Å². The van der Waals surface area contributed by atoms with Crippen molar-refractivity contribution < 1.29 is 9.72 Å². The van der Waals surface area contributed by atoms with Crippen LogP contribution in [-0.2, 0) is 4.79 Å². The first-order valence-corrected chi connectivity index (χ1v) is 6.49. The molecule has 0 spiro atoms. The average Bonchev–Trinajstić information content (AvgIpc) is 2.39. The molecule has 0 saturated carbocycles. The summed E-state index contributed by atoms with van der Waals surface area (Å²) in [6, 6.07) is 0. The van der Waals surface area contributed by atoms with Crippen molar-refractivity contribution in [3.63, 3.8) is 0 Å². The summed E-state index contributed by atoms with van der Waals surface area (Å²) in [5.74, 6) is -0.347. The number of rotatable bonds is 6. The third kappa shape index (κ3) is 18.8. The first kappa shape index (κ1) is 22.4. The Morgan fingerprint density at radius 2 is 1.84 bits per heavy atom. The number of ketones is 1. The summed E-state index contributed by atoms with van der Waals surface area (Å²) in [4.78, 5) is 24.6. The van der Waals surface area contributed by atoms with E-state index in [-0.39, 0.29) is 24.4 Å². The van der Waals surface area contributed by atoms with Gasteiger partial charge in [0.1, 0.15) is 5.70 Å². The lowest BCUT2D eigenvalue weighted by Crippen LogP contribution is -2.09. The Labute approximate surface area is 116 Å². The highest BCUT2D eigenvalue weighted by Gasteiger charge is 2.10. The van der Waals surface area contributed by atoms with E-state index in [0.29, 0.717) is 0 Å². The molecule has 0 aromatic carbocycles. The number of nitro groups is 1. The molecule has 19 heavy (non-hydrogen) atoms. The summed E-state index contributed by atoms with van der Waals surface area (Å²) in [6.07, 6.45) is 5.43. The molecule has 0 aromatic rings. The van der Waals surface area contributed by atoms with Gasteiger partial charge < -0.3 is 0 Å². The molecule has 0 aromatic heterocycles. The number of Topliss-reactive ketones (excluding diaryl/α,β-unsaturated/α-hetero) is 1.